The van der Waals surface area contributed by atoms with Crippen molar-refractivity contribution < 1.29 is 4.39 Å². The van der Waals surface area contributed by atoms with Gasteiger partial charge in [0, 0.05) is 23.9 Å². The number of hydrogen-bond donors (Lipinski definition) is 3. The average molecular weight is 394 g/mol. The number of nitrogens with zero attached hydrogens (tertiary/aromatic N) is 3. The molecule has 2 aromatic heterocycles. The highest BCUT2D eigenvalue weighted by molar-refractivity contribution is 5.66. The summed E-state index contributed by atoms with van der Waals surface area (Å²) in [4.78, 5) is 4.90. The monoisotopic (exact) mass is 394 g/mol. The van der Waals surface area contributed by atoms with Gasteiger partial charge in [0.15, 0.2) is 5.65 Å². The summed E-state index contributed by atoms with van der Waals surface area (Å²) >= 11 is 0. The fourth-order valence-electron chi connectivity index (χ4n) is 4.23. The molecule has 0 radical (unpaired) electrons. The van der Waals surface area contributed by atoms with Crippen LogP contribution in [0.15, 0.2) is 36.5 Å². The Labute approximate surface area is 169 Å². The van der Waals surface area contributed by atoms with Crippen LogP contribution >= 0.6 is 0 Å². The number of benzene rings is 1. The quantitative estimate of drug-likeness (QED) is 0.582. The van der Waals surface area contributed by atoms with Crippen molar-refractivity contribution in [3.05, 3.63) is 47.9 Å². The van der Waals surface area contributed by atoms with E-state index in [9.17, 15) is 4.39 Å². The zero-order valence-corrected chi connectivity index (χ0v) is 16.5. The second kappa shape index (κ2) is 7.99. The topological polar surface area (TPSA) is 66.3 Å². The van der Waals surface area contributed by atoms with Crippen LogP contribution in [0.4, 0.5) is 21.7 Å². The predicted octanol–water partition coefficient (Wildman–Crippen LogP) is 4.29. The van der Waals surface area contributed by atoms with Gasteiger partial charge in [-0.15, -0.1) is 0 Å². The van der Waals surface area contributed by atoms with Crippen molar-refractivity contribution in [1.29, 1.82) is 0 Å². The van der Waals surface area contributed by atoms with Crippen LogP contribution in [0.3, 0.4) is 0 Å². The molecule has 5 rings (SSSR count). The standard InChI is InChI=1S/C22H27FN6/c23-17-7-2-8-18(10-17)27-21-11-20(25-13-15-4-3-9-24-12-15)28-22-19(14-26-29(21)22)16-5-1-6-16/h2,7-8,10-11,14-16,24,27H,1,3-6,9,12-13H2,(H,25,28). The first-order valence-electron chi connectivity index (χ1n) is 10.6. The van der Waals surface area contributed by atoms with Gasteiger partial charge in [-0.2, -0.15) is 9.61 Å². The first kappa shape index (κ1) is 18.4. The third-order valence-corrected chi connectivity index (χ3v) is 6.11. The summed E-state index contributed by atoms with van der Waals surface area (Å²) in [5.74, 6) is 2.51. The number of halogens is 1. The van der Waals surface area contributed by atoms with E-state index in [0.29, 0.717) is 17.5 Å². The van der Waals surface area contributed by atoms with Crippen molar-refractivity contribution in [2.45, 2.75) is 38.0 Å². The molecule has 6 nitrogen and oxygen atoms in total. The molecule has 2 fully saturated rings. The lowest BCUT2D eigenvalue weighted by molar-refractivity contribution is 0.392. The summed E-state index contributed by atoms with van der Waals surface area (Å²) in [5, 5.41) is 14.9. The summed E-state index contributed by atoms with van der Waals surface area (Å²) in [6, 6.07) is 8.46. The second-order valence-corrected chi connectivity index (χ2v) is 8.22. The van der Waals surface area contributed by atoms with E-state index >= 15 is 0 Å². The van der Waals surface area contributed by atoms with Crippen molar-refractivity contribution in [2.75, 3.05) is 30.3 Å². The van der Waals surface area contributed by atoms with Gasteiger partial charge < -0.3 is 16.0 Å². The molecule has 1 aliphatic carbocycles. The molecule has 3 heterocycles. The van der Waals surface area contributed by atoms with Gasteiger partial charge in [0.1, 0.15) is 17.5 Å². The van der Waals surface area contributed by atoms with E-state index in [-0.39, 0.29) is 5.82 Å². The second-order valence-electron chi connectivity index (χ2n) is 8.22. The SMILES string of the molecule is Fc1cccc(Nc2cc(NCC3CCCNC3)nc3c(C4CCC4)cnn23)c1. The zero-order chi connectivity index (χ0) is 19.6. The molecule has 2 aliphatic rings. The molecule has 1 aliphatic heterocycles. The van der Waals surface area contributed by atoms with Crippen LogP contribution < -0.4 is 16.0 Å². The maximum absolute atomic E-state index is 13.7. The van der Waals surface area contributed by atoms with E-state index in [1.807, 2.05) is 22.8 Å². The molecule has 1 saturated carbocycles. The number of nitrogens with one attached hydrogen (secondary N) is 3. The zero-order valence-electron chi connectivity index (χ0n) is 16.5. The van der Waals surface area contributed by atoms with E-state index in [2.05, 4.69) is 21.0 Å². The Morgan fingerprint density at radius 3 is 2.86 bits per heavy atom. The van der Waals surface area contributed by atoms with Crippen LogP contribution in [0.1, 0.15) is 43.6 Å². The van der Waals surface area contributed by atoms with Crippen LogP contribution in [0.2, 0.25) is 0 Å². The molecule has 3 aromatic rings. The van der Waals surface area contributed by atoms with Crippen molar-refractivity contribution in [2.24, 2.45) is 5.92 Å². The summed E-state index contributed by atoms with van der Waals surface area (Å²) in [6.07, 6.45) is 8.05. The van der Waals surface area contributed by atoms with Gasteiger partial charge in [0.25, 0.3) is 0 Å². The fraction of sp³-hybridized carbons (Fsp3) is 0.455. The van der Waals surface area contributed by atoms with E-state index < -0.39 is 0 Å². The maximum atomic E-state index is 13.7. The van der Waals surface area contributed by atoms with E-state index in [1.165, 1.54) is 49.8 Å². The molecule has 1 atom stereocenters. The minimum absolute atomic E-state index is 0.265. The Hall–Kier alpha value is -2.67. The number of fused-ring (bicyclic) bond motifs is 1. The van der Waals surface area contributed by atoms with E-state index in [0.717, 1.165) is 36.9 Å². The van der Waals surface area contributed by atoms with Crippen molar-refractivity contribution in [3.63, 3.8) is 0 Å². The van der Waals surface area contributed by atoms with Gasteiger partial charge in [0.05, 0.1) is 6.20 Å². The minimum Gasteiger partial charge on any atom is -0.370 e. The molecule has 1 unspecified atom stereocenters. The summed E-state index contributed by atoms with van der Waals surface area (Å²) in [6.45, 7) is 3.05. The van der Waals surface area contributed by atoms with E-state index in [1.54, 1.807) is 6.07 Å². The molecule has 1 saturated heterocycles. The molecule has 152 valence electrons. The predicted molar refractivity (Wildman–Crippen MR) is 113 cm³/mol. The fourth-order valence-corrected chi connectivity index (χ4v) is 4.23. The molecule has 0 bridgehead atoms. The molecular formula is C22H27FN6. The van der Waals surface area contributed by atoms with Crippen molar-refractivity contribution in [3.8, 4) is 0 Å². The average Bonchev–Trinajstić information content (AvgIpc) is 3.10. The van der Waals surface area contributed by atoms with Gasteiger partial charge in [0.2, 0.25) is 0 Å². The van der Waals surface area contributed by atoms with Gasteiger partial charge >= 0.3 is 0 Å². The highest BCUT2D eigenvalue weighted by Crippen LogP contribution is 2.38. The number of hydrogen-bond acceptors (Lipinski definition) is 5. The summed E-state index contributed by atoms with van der Waals surface area (Å²) in [5.41, 5.74) is 2.79. The van der Waals surface area contributed by atoms with Crippen LogP contribution in [-0.2, 0) is 0 Å². The van der Waals surface area contributed by atoms with Crippen LogP contribution in [-0.4, -0.2) is 34.2 Å². The highest BCUT2D eigenvalue weighted by atomic mass is 19.1. The van der Waals surface area contributed by atoms with Crippen LogP contribution in [0.5, 0.6) is 0 Å². The number of aromatic nitrogens is 3. The highest BCUT2D eigenvalue weighted by Gasteiger charge is 2.25. The summed E-state index contributed by atoms with van der Waals surface area (Å²) < 4.78 is 15.5. The lowest BCUT2D eigenvalue weighted by Crippen LogP contribution is -2.33. The Morgan fingerprint density at radius 2 is 2.10 bits per heavy atom. The van der Waals surface area contributed by atoms with Crippen LogP contribution in [0, 0.1) is 11.7 Å². The third-order valence-electron chi connectivity index (χ3n) is 6.11. The molecule has 7 heteroatoms. The number of piperidine rings is 1. The number of anilines is 3. The van der Waals surface area contributed by atoms with Gasteiger partial charge in [-0.05, 0) is 68.8 Å². The Bertz CT molecular complexity index is 990. The Balaban J connectivity index is 1.46. The molecule has 29 heavy (non-hydrogen) atoms. The molecule has 3 N–H and O–H groups in total. The third kappa shape index (κ3) is 3.92. The molecule has 0 amide bonds. The molecule has 0 spiro atoms. The summed E-state index contributed by atoms with van der Waals surface area (Å²) in [7, 11) is 0. The minimum atomic E-state index is -0.265. The first-order chi connectivity index (χ1) is 14.3. The van der Waals surface area contributed by atoms with Crippen LogP contribution in [0.25, 0.3) is 5.65 Å². The molecule has 1 aromatic carbocycles. The maximum Gasteiger partial charge on any atom is 0.163 e. The lowest BCUT2D eigenvalue weighted by atomic mass is 9.81. The smallest absolute Gasteiger partial charge is 0.163 e. The normalized spacial score (nSPS) is 19.8. The first-order valence-corrected chi connectivity index (χ1v) is 10.6. The van der Waals surface area contributed by atoms with Gasteiger partial charge in [-0.25, -0.2) is 9.37 Å². The Kier molecular flexibility index (Phi) is 5.06. The van der Waals surface area contributed by atoms with Gasteiger partial charge in [-0.1, -0.05) is 12.5 Å². The molecular weight excluding hydrogens is 367 g/mol. The van der Waals surface area contributed by atoms with Crippen molar-refractivity contribution in [1.82, 2.24) is 19.9 Å². The Morgan fingerprint density at radius 1 is 1.17 bits per heavy atom. The largest absolute Gasteiger partial charge is 0.370 e. The van der Waals surface area contributed by atoms with E-state index in [4.69, 9.17) is 4.98 Å². The van der Waals surface area contributed by atoms with Gasteiger partial charge in [-0.3, -0.25) is 0 Å². The van der Waals surface area contributed by atoms with Crippen molar-refractivity contribution >= 4 is 23.0 Å². The number of rotatable bonds is 6. The lowest BCUT2D eigenvalue weighted by Gasteiger charge is -2.25.